The fourth-order valence-corrected chi connectivity index (χ4v) is 1.40. The third-order valence-corrected chi connectivity index (χ3v) is 2.46. The molecule has 0 heterocycles. The molecule has 0 aromatic rings. The van der Waals surface area contributed by atoms with Crippen molar-refractivity contribution in [2.75, 3.05) is 64.8 Å². The Morgan fingerprint density at radius 1 is 0.857 bits per heavy atom. The van der Waals surface area contributed by atoms with E-state index in [4.69, 9.17) is 23.7 Å². The Morgan fingerprint density at radius 3 is 1.81 bits per heavy atom. The van der Waals surface area contributed by atoms with Gasteiger partial charge in [-0.05, 0) is 5.92 Å². The lowest BCUT2D eigenvalue weighted by atomic mass is 10.2. The molecule has 0 saturated heterocycles. The van der Waals surface area contributed by atoms with Crippen LogP contribution in [0.15, 0.2) is 0 Å². The van der Waals surface area contributed by atoms with Crippen molar-refractivity contribution in [1.29, 1.82) is 0 Å². The van der Waals surface area contributed by atoms with Crippen LogP contribution in [0.1, 0.15) is 13.8 Å². The molecule has 0 aromatic carbocycles. The molecule has 0 atom stereocenters. The standard InChI is InChI=1S/C14H27BrO6/c1-13(2)11-21-14(16)12-20-10-9-19-8-7-18-6-5-17-4-3-15/h13H,3-12H2,1-2H3. The van der Waals surface area contributed by atoms with Gasteiger partial charge in [0.15, 0.2) is 0 Å². The Labute approximate surface area is 135 Å². The van der Waals surface area contributed by atoms with Crippen molar-refractivity contribution in [1.82, 2.24) is 0 Å². The second-order valence-electron chi connectivity index (χ2n) is 4.66. The number of esters is 1. The van der Waals surface area contributed by atoms with Gasteiger partial charge < -0.3 is 23.7 Å². The van der Waals surface area contributed by atoms with Gasteiger partial charge in [0.2, 0.25) is 0 Å². The molecule has 0 rings (SSSR count). The molecule has 126 valence electrons. The van der Waals surface area contributed by atoms with Crippen molar-refractivity contribution >= 4 is 21.9 Å². The highest BCUT2D eigenvalue weighted by atomic mass is 79.9. The first-order valence-corrected chi connectivity index (χ1v) is 8.31. The Bertz CT molecular complexity index is 238. The van der Waals surface area contributed by atoms with E-state index >= 15 is 0 Å². The van der Waals surface area contributed by atoms with Crippen LogP contribution >= 0.6 is 15.9 Å². The molecule has 6 nitrogen and oxygen atoms in total. The van der Waals surface area contributed by atoms with E-state index in [1.54, 1.807) is 0 Å². The number of halogens is 1. The summed E-state index contributed by atoms with van der Waals surface area (Å²) in [5.41, 5.74) is 0. The lowest BCUT2D eigenvalue weighted by Crippen LogP contribution is -2.18. The minimum absolute atomic E-state index is 0.0303. The molecule has 0 saturated carbocycles. The Balaban J connectivity index is 3.10. The normalized spacial score (nSPS) is 11.0. The number of rotatable bonds is 15. The topological polar surface area (TPSA) is 63.2 Å². The van der Waals surface area contributed by atoms with Crippen LogP contribution in [-0.2, 0) is 28.5 Å². The maximum Gasteiger partial charge on any atom is 0.332 e. The first kappa shape index (κ1) is 20.8. The van der Waals surface area contributed by atoms with Gasteiger partial charge in [-0.25, -0.2) is 4.79 Å². The summed E-state index contributed by atoms with van der Waals surface area (Å²) in [7, 11) is 0. The minimum Gasteiger partial charge on any atom is -0.464 e. The monoisotopic (exact) mass is 370 g/mol. The average Bonchev–Trinajstić information content (AvgIpc) is 2.46. The van der Waals surface area contributed by atoms with Crippen LogP contribution in [0.3, 0.4) is 0 Å². The van der Waals surface area contributed by atoms with Crippen LogP contribution in [0.5, 0.6) is 0 Å². The zero-order valence-corrected chi connectivity index (χ0v) is 14.6. The highest BCUT2D eigenvalue weighted by Gasteiger charge is 2.04. The van der Waals surface area contributed by atoms with Gasteiger partial charge in [0.1, 0.15) is 6.61 Å². The van der Waals surface area contributed by atoms with Crippen LogP contribution in [-0.4, -0.2) is 70.8 Å². The predicted octanol–water partition coefficient (Wildman–Crippen LogP) is 1.65. The van der Waals surface area contributed by atoms with E-state index < -0.39 is 0 Å². The molecule has 0 aromatic heterocycles. The Kier molecular flexibility index (Phi) is 16.0. The summed E-state index contributed by atoms with van der Waals surface area (Å²) in [4.78, 5) is 11.2. The van der Waals surface area contributed by atoms with Crippen molar-refractivity contribution in [3.05, 3.63) is 0 Å². The summed E-state index contributed by atoms with van der Waals surface area (Å²) in [5, 5.41) is 0.834. The number of alkyl halides is 1. The first-order valence-electron chi connectivity index (χ1n) is 7.19. The van der Waals surface area contributed by atoms with E-state index in [-0.39, 0.29) is 12.6 Å². The number of carbonyl (C=O) groups excluding carboxylic acids is 1. The molecule has 7 heteroatoms. The molecule has 0 fully saturated rings. The Hall–Kier alpha value is -0.210. The van der Waals surface area contributed by atoms with Crippen molar-refractivity contribution in [3.8, 4) is 0 Å². The van der Waals surface area contributed by atoms with E-state index in [2.05, 4.69) is 15.9 Å². The molecular weight excluding hydrogens is 344 g/mol. The molecule has 0 N–H and O–H groups in total. The maximum atomic E-state index is 11.2. The largest absolute Gasteiger partial charge is 0.464 e. The number of ether oxygens (including phenoxy) is 5. The van der Waals surface area contributed by atoms with Crippen LogP contribution in [0.2, 0.25) is 0 Å². The zero-order chi connectivity index (χ0) is 15.8. The lowest BCUT2D eigenvalue weighted by molar-refractivity contribution is -0.150. The summed E-state index contributed by atoms with van der Waals surface area (Å²) < 4.78 is 25.9. The highest BCUT2D eigenvalue weighted by molar-refractivity contribution is 9.09. The number of carbonyl (C=O) groups is 1. The van der Waals surface area contributed by atoms with Crippen LogP contribution in [0.25, 0.3) is 0 Å². The van der Waals surface area contributed by atoms with Gasteiger partial charge in [-0.2, -0.15) is 0 Å². The molecule has 0 aliphatic heterocycles. The van der Waals surface area contributed by atoms with Gasteiger partial charge in [0.05, 0.1) is 52.9 Å². The van der Waals surface area contributed by atoms with Crippen LogP contribution in [0, 0.1) is 5.92 Å². The van der Waals surface area contributed by atoms with E-state index in [9.17, 15) is 4.79 Å². The SMILES string of the molecule is CC(C)COC(=O)COCCOCCOCCOCCBr. The van der Waals surface area contributed by atoms with Crippen molar-refractivity contribution < 1.29 is 28.5 Å². The van der Waals surface area contributed by atoms with Crippen LogP contribution in [0.4, 0.5) is 0 Å². The van der Waals surface area contributed by atoms with Gasteiger partial charge in [0, 0.05) is 5.33 Å². The van der Waals surface area contributed by atoms with Gasteiger partial charge in [-0.15, -0.1) is 0 Å². The fraction of sp³-hybridized carbons (Fsp3) is 0.929. The lowest BCUT2D eigenvalue weighted by Gasteiger charge is -2.08. The van der Waals surface area contributed by atoms with E-state index in [1.165, 1.54) is 0 Å². The van der Waals surface area contributed by atoms with Crippen molar-refractivity contribution in [3.63, 3.8) is 0 Å². The molecule has 0 amide bonds. The molecule has 0 bridgehead atoms. The van der Waals surface area contributed by atoms with E-state index in [0.29, 0.717) is 58.8 Å². The van der Waals surface area contributed by atoms with E-state index in [1.807, 2.05) is 13.8 Å². The smallest absolute Gasteiger partial charge is 0.332 e. The molecule has 0 aliphatic carbocycles. The highest BCUT2D eigenvalue weighted by Crippen LogP contribution is 1.93. The predicted molar refractivity (Wildman–Crippen MR) is 82.9 cm³/mol. The molecule has 0 radical (unpaired) electrons. The maximum absolute atomic E-state index is 11.2. The zero-order valence-electron chi connectivity index (χ0n) is 13.0. The van der Waals surface area contributed by atoms with Gasteiger partial charge in [-0.1, -0.05) is 29.8 Å². The van der Waals surface area contributed by atoms with Crippen molar-refractivity contribution in [2.24, 2.45) is 5.92 Å². The quantitative estimate of drug-likeness (QED) is 0.248. The summed E-state index contributed by atoms with van der Waals surface area (Å²) in [6, 6.07) is 0. The summed E-state index contributed by atoms with van der Waals surface area (Å²) in [5.74, 6) is -0.00216. The average molecular weight is 371 g/mol. The van der Waals surface area contributed by atoms with Gasteiger partial charge in [-0.3, -0.25) is 0 Å². The number of hydrogen-bond acceptors (Lipinski definition) is 6. The summed E-state index contributed by atoms with van der Waals surface area (Å²) >= 11 is 3.27. The number of hydrogen-bond donors (Lipinski definition) is 0. The third-order valence-electron chi connectivity index (χ3n) is 2.14. The molecule has 0 unspecified atom stereocenters. The summed E-state index contributed by atoms with van der Waals surface area (Å²) in [6.07, 6.45) is 0. The summed E-state index contributed by atoms with van der Waals surface area (Å²) in [6.45, 7) is 8.03. The third kappa shape index (κ3) is 17.7. The molecule has 21 heavy (non-hydrogen) atoms. The second-order valence-corrected chi connectivity index (χ2v) is 5.45. The fourth-order valence-electron chi connectivity index (χ4n) is 1.17. The Morgan fingerprint density at radius 2 is 1.33 bits per heavy atom. The van der Waals surface area contributed by atoms with Crippen molar-refractivity contribution in [2.45, 2.75) is 13.8 Å². The molecular formula is C14H27BrO6. The molecule has 0 spiro atoms. The van der Waals surface area contributed by atoms with Gasteiger partial charge >= 0.3 is 5.97 Å². The minimum atomic E-state index is -0.337. The van der Waals surface area contributed by atoms with Crippen LogP contribution < -0.4 is 0 Å². The second kappa shape index (κ2) is 16.2. The molecule has 0 aliphatic rings. The van der Waals surface area contributed by atoms with E-state index in [0.717, 1.165) is 5.33 Å². The van der Waals surface area contributed by atoms with Gasteiger partial charge in [0.25, 0.3) is 0 Å². The first-order chi connectivity index (χ1) is 10.2.